The fraction of sp³-hybridized carbons (Fsp3) is 0.478. The maximum atomic E-state index is 13.5. The molecule has 0 unspecified atom stereocenters. The molecule has 0 aliphatic carbocycles. The molecule has 2 aliphatic rings. The van der Waals surface area contributed by atoms with E-state index in [1.165, 1.54) is 32.9 Å². The number of nitrogens with zero attached hydrogens (tertiary/aromatic N) is 3. The Kier molecular flexibility index (Phi) is 6.92. The number of benzene rings is 2. The van der Waals surface area contributed by atoms with Crippen LogP contribution in [-0.2, 0) is 14.9 Å². The molecule has 6 nitrogen and oxygen atoms in total. The predicted octanol–water partition coefficient (Wildman–Crippen LogP) is 3.03. The van der Waals surface area contributed by atoms with E-state index >= 15 is 0 Å². The lowest BCUT2D eigenvalue weighted by Gasteiger charge is -2.42. The number of piperazine rings is 1. The number of hydrogen-bond donors (Lipinski definition) is 0. The molecule has 2 fully saturated rings. The average molecular weight is 466 g/mol. The van der Waals surface area contributed by atoms with E-state index in [1.54, 1.807) is 24.3 Å². The van der Waals surface area contributed by atoms with Gasteiger partial charge in [-0.2, -0.15) is 17.0 Å². The molecular weight excluding hydrogens is 436 g/mol. The Balaban J connectivity index is 1.52. The Morgan fingerprint density at radius 1 is 0.781 bits per heavy atom. The minimum atomic E-state index is -3.58. The van der Waals surface area contributed by atoms with Gasteiger partial charge in [0.15, 0.2) is 0 Å². The van der Waals surface area contributed by atoms with Gasteiger partial charge in [-0.25, -0.2) is 8.78 Å². The highest BCUT2D eigenvalue weighted by atomic mass is 32.2. The van der Waals surface area contributed by atoms with Crippen LogP contribution in [-0.4, -0.2) is 73.4 Å². The van der Waals surface area contributed by atoms with Crippen LogP contribution in [0.3, 0.4) is 0 Å². The topological polar surface area (TPSA) is 53.1 Å². The summed E-state index contributed by atoms with van der Waals surface area (Å²) in [6.07, 6.45) is -0.285. The van der Waals surface area contributed by atoms with Crippen LogP contribution in [0, 0.1) is 11.6 Å². The van der Waals surface area contributed by atoms with Crippen molar-refractivity contribution in [2.24, 2.45) is 0 Å². The molecule has 0 spiro atoms. The second-order valence-corrected chi connectivity index (χ2v) is 10.5. The Labute approximate surface area is 188 Å². The molecule has 2 aromatic carbocycles. The highest BCUT2D eigenvalue weighted by Gasteiger charge is 2.38. The molecule has 174 valence electrons. The Morgan fingerprint density at radius 3 is 1.66 bits per heavy atom. The first-order valence-corrected chi connectivity index (χ1v) is 12.3. The van der Waals surface area contributed by atoms with Gasteiger partial charge in [0.1, 0.15) is 11.6 Å². The summed E-state index contributed by atoms with van der Waals surface area (Å²) >= 11 is 0. The first kappa shape index (κ1) is 23.3. The maximum Gasteiger partial charge on any atom is 0.282 e. The van der Waals surface area contributed by atoms with Crippen molar-refractivity contribution in [2.45, 2.75) is 32.1 Å². The van der Waals surface area contributed by atoms with Gasteiger partial charge >= 0.3 is 0 Å². The summed E-state index contributed by atoms with van der Waals surface area (Å²) < 4.78 is 62.2. The normalized spacial score (nSPS) is 24.2. The number of halogens is 2. The molecule has 32 heavy (non-hydrogen) atoms. The van der Waals surface area contributed by atoms with Gasteiger partial charge in [0.05, 0.1) is 18.2 Å². The molecule has 2 heterocycles. The van der Waals surface area contributed by atoms with Gasteiger partial charge in [-0.15, -0.1) is 0 Å². The number of rotatable bonds is 5. The van der Waals surface area contributed by atoms with Crippen molar-refractivity contribution in [3.63, 3.8) is 0 Å². The minimum Gasteiger partial charge on any atom is -0.373 e. The van der Waals surface area contributed by atoms with Crippen LogP contribution in [0.15, 0.2) is 48.5 Å². The highest BCUT2D eigenvalue weighted by Crippen LogP contribution is 2.31. The van der Waals surface area contributed by atoms with E-state index in [4.69, 9.17) is 4.74 Å². The van der Waals surface area contributed by atoms with Gasteiger partial charge in [0.25, 0.3) is 10.2 Å². The molecule has 0 bridgehead atoms. The smallest absolute Gasteiger partial charge is 0.282 e. The third-order valence-corrected chi connectivity index (χ3v) is 8.02. The van der Waals surface area contributed by atoms with Crippen molar-refractivity contribution >= 4 is 10.2 Å². The third kappa shape index (κ3) is 5.02. The van der Waals surface area contributed by atoms with E-state index in [1.807, 2.05) is 13.8 Å². The third-order valence-electron chi connectivity index (χ3n) is 6.05. The van der Waals surface area contributed by atoms with Crippen molar-refractivity contribution in [1.82, 2.24) is 13.5 Å². The second-order valence-electron chi connectivity index (χ2n) is 8.52. The van der Waals surface area contributed by atoms with Crippen LogP contribution < -0.4 is 0 Å². The Hall–Kier alpha value is -1.91. The quantitative estimate of drug-likeness (QED) is 0.681. The first-order valence-electron chi connectivity index (χ1n) is 10.9. The second kappa shape index (κ2) is 9.52. The van der Waals surface area contributed by atoms with Crippen LogP contribution in [0.4, 0.5) is 8.78 Å². The number of morpholine rings is 1. The fourth-order valence-electron chi connectivity index (χ4n) is 4.58. The molecule has 2 atom stereocenters. The molecule has 9 heteroatoms. The van der Waals surface area contributed by atoms with Crippen molar-refractivity contribution in [3.8, 4) is 0 Å². The van der Waals surface area contributed by atoms with Gasteiger partial charge in [0.2, 0.25) is 0 Å². The largest absolute Gasteiger partial charge is 0.373 e. The summed E-state index contributed by atoms with van der Waals surface area (Å²) in [7, 11) is -3.58. The Bertz CT molecular complexity index is 954. The molecular formula is C23H29F2N3O3S. The fourth-order valence-corrected chi connectivity index (χ4v) is 6.33. The maximum absolute atomic E-state index is 13.5. The van der Waals surface area contributed by atoms with Crippen LogP contribution in [0.5, 0.6) is 0 Å². The molecule has 0 saturated carbocycles. The molecule has 2 aromatic rings. The monoisotopic (exact) mass is 465 g/mol. The zero-order valence-electron chi connectivity index (χ0n) is 18.3. The van der Waals surface area contributed by atoms with Gasteiger partial charge in [-0.05, 0) is 49.2 Å². The summed E-state index contributed by atoms with van der Waals surface area (Å²) in [4.78, 5) is 2.16. The molecule has 2 saturated heterocycles. The van der Waals surface area contributed by atoms with Gasteiger partial charge in [-0.3, -0.25) is 4.90 Å². The summed E-state index contributed by atoms with van der Waals surface area (Å²) in [5.41, 5.74) is 1.76. The van der Waals surface area contributed by atoms with Crippen LogP contribution >= 0.6 is 0 Å². The molecule has 4 rings (SSSR count). The molecule has 0 aromatic heterocycles. The van der Waals surface area contributed by atoms with Crippen molar-refractivity contribution in [3.05, 3.63) is 71.3 Å². The average Bonchev–Trinajstić information content (AvgIpc) is 2.76. The number of ether oxygens (including phenoxy) is 1. The molecule has 2 aliphatic heterocycles. The lowest BCUT2D eigenvalue weighted by Crippen LogP contribution is -2.57. The standard InChI is InChI=1S/C23H29F2N3O3S/c1-17-15-28(16-18(2)31-17)32(29,30)27-13-11-26(12-14-27)23(19-3-7-21(24)8-4-19)20-5-9-22(25)10-6-20/h3-10,17-18,23H,11-16H2,1-2H3/t17-,18-/m1/s1. The summed E-state index contributed by atoms with van der Waals surface area (Å²) in [6, 6.07) is 12.3. The van der Waals surface area contributed by atoms with Crippen LogP contribution in [0.1, 0.15) is 31.0 Å². The minimum absolute atomic E-state index is 0.142. The predicted molar refractivity (Wildman–Crippen MR) is 118 cm³/mol. The van der Waals surface area contributed by atoms with Crippen molar-refractivity contribution < 1.29 is 21.9 Å². The van der Waals surface area contributed by atoms with Gasteiger partial charge in [0, 0.05) is 39.3 Å². The van der Waals surface area contributed by atoms with Crippen LogP contribution in [0.25, 0.3) is 0 Å². The van der Waals surface area contributed by atoms with E-state index in [0.717, 1.165) is 11.1 Å². The molecule has 0 amide bonds. The highest BCUT2D eigenvalue weighted by molar-refractivity contribution is 7.86. The lowest BCUT2D eigenvalue weighted by atomic mass is 9.96. The van der Waals surface area contributed by atoms with E-state index in [2.05, 4.69) is 4.90 Å². The molecule has 0 N–H and O–H groups in total. The van der Waals surface area contributed by atoms with Crippen molar-refractivity contribution in [2.75, 3.05) is 39.3 Å². The van der Waals surface area contributed by atoms with E-state index in [0.29, 0.717) is 39.3 Å². The first-order chi connectivity index (χ1) is 15.2. The zero-order valence-corrected chi connectivity index (χ0v) is 19.1. The summed E-state index contributed by atoms with van der Waals surface area (Å²) in [5, 5.41) is 0. The lowest BCUT2D eigenvalue weighted by molar-refractivity contribution is -0.0458. The van der Waals surface area contributed by atoms with E-state index < -0.39 is 10.2 Å². The van der Waals surface area contributed by atoms with Gasteiger partial charge in [-0.1, -0.05) is 24.3 Å². The molecule has 0 radical (unpaired) electrons. The zero-order chi connectivity index (χ0) is 22.9. The Morgan fingerprint density at radius 2 is 1.22 bits per heavy atom. The summed E-state index contributed by atoms with van der Waals surface area (Å²) in [5.74, 6) is -0.645. The van der Waals surface area contributed by atoms with E-state index in [-0.39, 0.29) is 29.9 Å². The summed E-state index contributed by atoms with van der Waals surface area (Å²) in [6.45, 7) is 6.17. The van der Waals surface area contributed by atoms with E-state index in [9.17, 15) is 17.2 Å². The SMILES string of the molecule is C[C@@H]1CN(S(=O)(=O)N2CCN(C(c3ccc(F)cc3)c3ccc(F)cc3)CC2)C[C@@H](C)O1. The van der Waals surface area contributed by atoms with Crippen molar-refractivity contribution in [1.29, 1.82) is 0 Å². The van der Waals surface area contributed by atoms with Gasteiger partial charge < -0.3 is 4.74 Å². The number of hydrogen-bond acceptors (Lipinski definition) is 4. The van der Waals surface area contributed by atoms with Crippen LogP contribution in [0.2, 0.25) is 0 Å².